The van der Waals surface area contributed by atoms with Crippen LogP contribution in [-0.2, 0) is 0 Å². The summed E-state index contributed by atoms with van der Waals surface area (Å²) in [6.07, 6.45) is 3.77. The molecule has 4 nitrogen and oxygen atoms in total. The fourth-order valence-corrected chi connectivity index (χ4v) is 2.96. The van der Waals surface area contributed by atoms with Crippen LogP contribution in [0.5, 0.6) is 11.5 Å². The average Bonchev–Trinajstić information content (AvgIpc) is 2.41. The maximum absolute atomic E-state index is 12.3. The quantitative estimate of drug-likeness (QED) is 0.751. The number of hydrogen-bond acceptors (Lipinski definition) is 3. The first-order valence-electron chi connectivity index (χ1n) is 6.86. The number of phenolic OH excluding ortho intramolecular Hbond substituents is 2. The van der Waals surface area contributed by atoms with E-state index < -0.39 is 5.54 Å². The van der Waals surface area contributed by atoms with Crippen LogP contribution >= 0.6 is 11.6 Å². The van der Waals surface area contributed by atoms with Gasteiger partial charge in [-0.05, 0) is 43.7 Å². The second-order valence-electron chi connectivity index (χ2n) is 5.75. The highest BCUT2D eigenvalue weighted by molar-refractivity contribution is 6.19. The molecule has 1 aliphatic rings. The number of hydrogen-bond donors (Lipinski definition) is 3. The summed E-state index contributed by atoms with van der Waals surface area (Å²) in [6, 6.07) is 3.95. The van der Waals surface area contributed by atoms with Gasteiger partial charge in [0.15, 0.2) is 0 Å². The minimum absolute atomic E-state index is 0.0717. The van der Waals surface area contributed by atoms with Crippen molar-refractivity contribution in [2.75, 3.05) is 5.88 Å². The first-order chi connectivity index (χ1) is 9.46. The summed E-state index contributed by atoms with van der Waals surface area (Å²) >= 11 is 6.06. The minimum Gasteiger partial charge on any atom is -0.508 e. The molecule has 1 aromatic carbocycles. The summed E-state index contributed by atoms with van der Waals surface area (Å²) in [7, 11) is 0. The van der Waals surface area contributed by atoms with Crippen molar-refractivity contribution in [3.8, 4) is 11.5 Å². The molecule has 1 fully saturated rings. The Balaban J connectivity index is 2.13. The van der Waals surface area contributed by atoms with E-state index in [1.54, 1.807) is 0 Å². The molecule has 1 aromatic rings. The van der Waals surface area contributed by atoms with Crippen LogP contribution in [-0.4, -0.2) is 27.5 Å². The van der Waals surface area contributed by atoms with Crippen molar-refractivity contribution in [3.63, 3.8) is 0 Å². The van der Waals surface area contributed by atoms with E-state index in [9.17, 15) is 15.0 Å². The van der Waals surface area contributed by atoms with Crippen molar-refractivity contribution in [1.29, 1.82) is 0 Å². The predicted molar refractivity (Wildman–Crippen MR) is 78.3 cm³/mol. The molecule has 2 rings (SSSR count). The molecular formula is C15H20ClNO3. The lowest BCUT2D eigenvalue weighted by Gasteiger charge is -2.38. The molecule has 3 N–H and O–H groups in total. The Morgan fingerprint density at radius 1 is 1.40 bits per heavy atom. The maximum atomic E-state index is 12.3. The van der Waals surface area contributed by atoms with Crippen LogP contribution in [0.25, 0.3) is 0 Å². The van der Waals surface area contributed by atoms with Crippen molar-refractivity contribution in [2.24, 2.45) is 5.92 Å². The van der Waals surface area contributed by atoms with E-state index in [0.717, 1.165) is 31.7 Å². The number of halogens is 1. The molecular weight excluding hydrogens is 278 g/mol. The van der Waals surface area contributed by atoms with E-state index in [2.05, 4.69) is 12.2 Å². The van der Waals surface area contributed by atoms with Gasteiger partial charge in [-0.15, -0.1) is 11.6 Å². The smallest absolute Gasteiger partial charge is 0.255 e. The molecule has 1 amide bonds. The number of nitrogens with one attached hydrogen (secondary N) is 1. The molecule has 0 aliphatic heterocycles. The Bertz CT molecular complexity index is 496. The van der Waals surface area contributed by atoms with Crippen LogP contribution in [0, 0.1) is 5.92 Å². The molecule has 1 aliphatic carbocycles. The van der Waals surface area contributed by atoms with Crippen LogP contribution in [0.3, 0.4) is 0 Å². The zero-order valence-corrected chi connectivity index (χ0v) is 12.3. The molecule has 0 atom stereocenters. The van der Waals surface area contributed by atoms with E-state index in [-0.39, 0.29) is 23.0 Å². The monoisotopic (exact) mass is 297 g/mol. The Hall–Kier alpha value is -1.42. The summed E-state index contributed by atoms with van der Waals surface area (Å²) in [6.45, 7) is 2.20. The number of rotatable bonds is 3. The zero-order valence-electron chi connectivity index (χ0n) is 11.5. The van der Waals surface area contributed by atoms with E-state index in [4.69, 9.17) is 11.6 Å². The Labute approximate surface area is 123 Å². The molecule has 5 heteroatoms. The third-order valence-corrected chi connectivity index (χ3v) is 4.60. The molecule has 0 heterocycles. The van der Waals surface area contributed by atoms with E-state index in [0.29, 0.717) is 11.8 Å². The van der Waals surface area contributed by atoms with E-state index in [1.165, 1.54) is 12.1 Å². The van der Waals surface area contributed by atoms with Gasteiger partial charge >= 0.3 is 0 Å². The first kappa shape index (κ1) is 15.0. The molecule has 0 saturated heterocycles. The summed E-state index contributed by atoms with van der Waals surface area (Å²) in [5.41, 5.74) is -0.235. The van der Waals surface area contributed by atoms with E-state index in [1.807, 2.05) is 0 Å². The summed E-state index contributed by atoms with van der Waals surface area (Å²) in [4.78, 5) is 12.3. The molecule has 0 bridgehead atoms. The zero-order chi connectivity index (χ0) is 14.8. The van der Waals surface area contributed by atoms with Gasteiger partial charge in [0.1, 0.15) is 11.5 Å². The Kier molecular flexibility index (Phi) is 4.43. The molecule has 20 heavy (non-hydrogen) atoms. The van der Waals surface area contributed by atoms with Crippen LogP contribution < -0.4 is 5.32 Å². The van der Waals surface area contributed by atoms with Gasteiger partial charge < -0.3 is 15.5 Å². The predicted octanol–water partition coefficient (Wildman–Crippen LogP) is 3.02. The second-order valence-corrected chi connectivity index (χ2v) is 6.02. The van der Waals surface area contributed by atoms with Gasteiger partial charge in [-0.25, -0.2) is 0 Å². The normalized spacial score (nSPS) is 26.2. The largest absolute Gasteiger partial charge is 0.508 e. The van der Waals surface area contributed by atoms with Crippen molar-refractivity contribution in [1.82, 2.24) is 5.32 Å². The molecule has 1 saturated carbocycles. The minimum atomic E-state index is -0.393. The lowest BCUT2D eigenvalue weighted by atomic mass is 9.78. The van der Waals surface area contributed by atoms with Gasteiger partial charge in [0, 0.05) is 11.9 Å². The third kappa shape index (κ3) is 3.18. The lowest BCUT2D eigenvalue weighted by Crippen LogP contribution is -2.52. The number of amides is 1. The summed E-state index contributed by atoms with van der Waals surface area (Å²) in [5, 5.41) is 22.0. The first-order valence-corrected chi connectivity index (χ1v) is 7.40. The molecule has 110 valence electrons. The number of aromatic hydroxyl groups is 2. The van der Waals surface area contributed by atoms with Crippen molar-refractivity contribution >= 4 is 17.5 Å². The van der Waals surface area contributed by atoms with Gasteiger partial charge in [-0.1, -0.05) is 6.92 Å². The van der Waals surface area contributed by atoms with Gasteiger partial charge in [0.05, 0.1) is 11.1 Å². The Morgan fingerprint density at radius 3 is 2.60 bits per heavy atom. The third-order valence-electron chi connectivity index (χ3n) is 4.09. The number of benzene rings is 1. The van der Waals surface area contributed by atoms with E-state index >= 15 is 0 Å². The average molecular weight is 298 g/mol. The summed E-state index contributed by atoms with van der Waals surface area (Å²) in [5.74, 6) is 0.377. The Morgan fingerprint density at radius 2 is 2.05 bits per heavy atom. The topological polar surface area (TPSA) is 69.6 Å². The molecule has 0 unspecified atom stereocenters. The van der Waals surface area contributed by atoms with Crippen LogP contribution in [0.1, 0.15) is 43.0 Å². The SMILES string of the molecule is CC1CCC(CCl)(NC(=O)c2ccc(O)cc2O)CC1. The highest BCUT2D eigenvalue weighted by Crippen LogP contribution is 2.33. The fourth-order valence-electron chi connectivity index (χ4n) is 2.63. The van der Waals surface area contributed by atoms with Gasteiger partial charge in [0.25, 0.3) is 5.91 Å². The fraction of sp³-hybridized carbons (Fsp3) is 0.533. The van der Waals surface area contributed by atoms with Crippen LogP contribution in [0.15, 0.2) is 18.2 Å². The number of alkyl halides is 1. The van der Waals surface area contributed by atoms with Crippen LogP contribution in [0.2, 0.25) is 0 Å². The van der Waals surface area contributed by atoms with Crippen molar-refractivity contribution in [3.05, 3.63) is 23.8 Å². The highest BCUT2D eigenvalue weighted by Gasteiger charge is 2.35. The van der Waals surface area contributed by atoms with Gasteiger partial charge in [-0.3, -0.25) is 4.79 Å². The lowest BCUT2D eigenvalue weighted by molar-refractivity contribution is 0.0869. The highest BCUT2D eigenvalue weighted by atomic mass is 35.5. The summed E-state index contributed by atoms with van der Waals surface area (Å²) < 4.78 is 0. The van der Waals surface area contributed by atoms with Gasteiger partial charge in [0.2, 0.25) is 0 Å². The standard InChI is InChI=1S/C15H20ClNO3/c1-10-4-6-15(9-16,7-5-10)17-14(20)12-3-2-11(18)8-13(12)19/h2-3,8,10,18-19H,4-7,9H2,1H3,(H,17,20). The van der Waals surface area contributed by atoms with Crippen molar-refractivity contribution < 1.29 is 15.0 Å². The van der Waals surface area contributed by atoms with Crippen LogP contribution in [0.4, 0.5) is 0 Å². The van der Waals surface area contributed by atoms with Crippen molar-refractivity contribution in [2.45, 2.75) is 38.1 Å². The number of phenols is 2. The number of carbonyl (C=O) groups is 1. The molecule has 0 aromatic heterocycles. The maximum Gasteiger partial charge on any atom is 0.255 e. The molecule has 0 radical (unpaired) electrons. The second kappa shape index (κ2) is 5.92. The molecule has 0 spiro atoms. The number of carbonyl (C=O) groups excluding carboxylic acids is 1. The van der Waals surface area contributed by atoms with Gasteiger partial charge in [-0.2, -0.15) is 0 Å².